The van der Waals surface area contributed by atoms with Crippen LogP contribution in [0.25, 0.3) is 0 Å². The van der Waals surface area contributed by atoms with Crippen molar-refractivity contribution in [3.05, 3.63) is 158 Å². The van der Waals surface area contributed by atoms with Gasteiger partial charge in [-0.2, -0.15) is 0 Å². The SMILES string of the molecule is CC/C=C/C=C/C=C/C=C/C=C/C=C/CCCCCC(=O)OCC(COC(=O)CC/C=C/C/C=C/CCCCCCCC)OC(=O)CCCCC/C=C/C=C/C=C/C=C/C=C/CC. The first-order chi connectivity index (χ1) is 31.0. The number of allylic oxidation sites excluding steroid dienone is 26. The molecule has 0 aliphatic rings. The van der Waals surface area contributed by atoms with Gasteiger partial charge in [0.1, 0.15) is 13.2 Å². The van der Waals surface area contributed by atoms with E-state index in [4.69, 9.17) is 14.2 Å². The van der Waals surface area contributed by atoms with Gasteiger partial charge in [0.2, 0.25) is 0 Å². The van der Waals surface area contributed by atoms with Gasteiger partial charge < -0.3 is 14.2 Å². The molecule has 0 saturated carbocycles. The molecule has 6 heteroatoms. The molecule has 0 aromatic rings. The van der Waals surface area contributed by atoms with Gasteiger partial charge in [-0.3, -0.25) is 14.4 Å². The van der Waals surface area contributed by atoms with Gasteiger partial charge in [0.25, 0.3) is 0 Å². The first-order valence-corrected chi connectivity index (χ1v) is 24.1. The topological polar surface area (TPSA) is 78.9 Å². The molecule has 0 aliphatic carbocycles. The summed E-state index contributed by atoms with van der Waals surface area (Å²) >= 11 is 0. The minimum Gasteiger partial charge on any atom is -0.462 e. The minimum atomic E-state index is -0.848. The molecule has 1 atom stereocenters. The zero-order valence-electron chi connectivity index (χ0n) is 39.5. The monoisotopic (exact) mass is 865 g/mol. The van der Waals surface area contributed by atoms with Crippen molar-refractivity contribution in [2.24, 2.45) is 0 Å². The zero-order chi connectivity index (χ0) is 45.8. The molecule has 0 aliphatic heterocycles. The number of hydrogen-bond donors (Lipinski definition) is 0. The van der Waals surface area contributed by atoms with E-state index in [1.54, 1.807) is 0 Å². The van der Waals surface area contributed by atoms with E-state index in [9.17, 15) is 14.4 Å². The molecule has 6 nitrogen and oxygen atoms in total. The average molecular weight is 865 g/mol. The molecule has 0 aromatic carbocycles. The number of esters is 3. The fourth-order valence-electron chi connectivity index (χ4n) is 5.72. The van der Waals surface area contributed by atoms with Crippen molar-refractivity contribution in [3.8, 4) is 0 Å². The predicted molar refractivity (Wildman–Crippen MR) is 269 cm³/mol. The van der Waals surface area contributed by atoms with Crippen molar-refractivity contribution in [1.29, 1.82) is 0 Å². The fourth-order valence-corrected chi connectivity index (χ4v) is 5.72. The average Bonchev–Trinajstić information content (AvgIpc) is 3.28. The number of carbonyl (C=O) groups excluding carboxylic acids is 3. The second-order valence-corrected chi connectivity index (χ2v) is 15.2. The highest BCUT2D eigenvalue weighted by Crippen LogP contribution is 2.10. The summed E-state index contributed by atoms with van der Waals surface area (Å²) in [7, 11) is 0. The van der Waals surface area contributed by atoms with Gasteiger partial charge in [-0.25, -0.2) is 0 Å². The van der Waals surface area contributed by atoms with E-state index in [1.807, 2.05) is 115 Å². The van der Waals surface area contributed by atoms with Crippen LogP contribution >= 0.6 is 0 Å². The van der Waals surface area contributed by atoms with Crippen molar-refractivity contribution in [2.45, 2.75) is 168 Å². The molecule has 0 saturated heterocycles. The first kappa shape index (κ1) is 58.0. The third-order valence-corrected chi connectivity index (χ3v) is 9.30. The van der Waals surface area contributed by atoms with Crippen LogP contribution in [0.15, 0.2) is 158 Å². The Morgan fingerprint density at radius 2 is 0.714 bits per heavy atom. The molecular formula is C57H84O6. The quantitative estimate of drug-likeness (QED) is 0.0201. The van der Waals surface area contributed by atoms with Gasteiger partial charge in [0.15, 0.2) is 6.10 Å². The third-order valence-electron chi connectivity index (χ3n) is 9.30. The van der Waals surface area contributed by atoms with Gasteiger partial charge in [-0.05, 0) is 77.0 Å². The van der Waals surface area contributed by atoms with E-state index < -0.39 is 6.10 Å². The summed E-state index contributed by atoms with van der Waals surface area (Å²) in [5.74, 6) is -1.11. The van der Waals surface area contributed by atoms with Gasteiger partial charge >= 0.3 is 17.9 Å². The third kappa shape index (κ3) is 47.9. The van der Waals surface area contributed by atoms with Crippen molar-refractivity contribution in [3.63, 3.8) is 0 Å². The van der Waals surface area contributed by atoms with Crippen LogP contribution in [-0.4, -0.2) is 37.2 Å². The zero-order valence-corrected chi connectivity index (χ0v) is 39.5. The number of ether oxygens (including phenoxy) is 3. The second kappa shape index (κ2) is 49.7. The normalized spacial score (nSPS) is 13.5. The summed E-state index contributed by atoms with van der Waals surface area (Å²) in [6.07, 6.45) is 72.3. The Bertz CT molecular complexity index is 1510. The summed E-state index contributed by atoms with van der Waals surface area (Å²) in [6.45, 7) is 6.17. The maximum Gasteiger partial charge on any atom is 0.306 e. The van der Waals surface area contributed by atoms with Gasteiger partial charge in [-0.1, -0.05) is 224 Å². The number of hydrogen-bond acceptors (Lipinski definition) is 6. The second-order valence-electron chi connectivity index (χ2n) is 15.2. The summed E-state index contributed by atoms with van der Waals surface area (Å²) in [4.78, 5) is 37.9. The summed E-state index contributed by atoms with van der Waals surface area (Å²) < 4.78 is 16.6. The highest BCUT2D eigenvalue weighted by Gasteiger charge is 2.19. The summed E-state index contributed by atoms with van der Waals surface area (Å²) in [5.41, 5.74) is 0. The Morgan fingerprint density at radius 3 is 1.19 bits per heavy atom. The Kier molecular flexibility index (Phi) is 45.8. The summed E-state index contributed by atoms with van der Waals surface area (Å²) in [6, 6.07) is 0. The molecule has 0 amide bonds. The Balaban J connectivity index is 4.67. The molecule has 0 rings (SSSR count). The maximum absolute atomic E-state index is 12.8. The summed E-state index contributed by atoms with van der Waals surface area (Å²) in [5, 5.41) is 0. The molecule has 63 heavy (non-hydrogen) atoms. The lowest BCUT2D eigenvalue weighted by Gasteiger charge is -2.18. The van der Waals surface area contributed by atoms with E-state index in [0.29, 0.717) is 19.3 Å². The number of rotatable bonds is 40. The van der Waals surface area contributed by atoms with Gasteiger partial charge in [0, 0.05) is 19.3 Å². The number of unbranched alkanes of at least 4 members (excludes halogenated alkanes) is 12. The van der Waals surface area contributed by atoms with Crippen molar-refractivity contribution < 1.29 is 28.6 Å². The fraction of sp³-hybridized carbons (Fsp3) is 0.491. The highest BCUT2D eigenvalue weighted by atomic mass is 16.6. The van der Waals surface area contributed by atoms with Crippen molar-refractivity contribution in [1.82, 2.24) is 0 Å². The molecular weight excluding hydrogens is 781 g/mol. The molecule has 0 fully saturated rings. The predicted octanol–water partition coefficient (Wildman–Crippen LogP) is 15.9. The Hall–Kier alpha value is -4.97. The maximum atomic E-state index is 12.8. The van der Waals surface area contributed by atoms with Crippen molar-refractivity contribution >= 4 is 17.9 Å². The van der Waals surface area contributed by atoms with Crippen LogP contribution in [0.4, 0.5) is 0 Å². The molecule has 0 N–H and O–H groups in total. The van der Waals surface area contributed by atoms with E-state index in [-0.39, 0.29) is 50.4 Å². The molecule has 0 spiro atoms. The Morgan fingerprint density at radius 1 is 0.349 bits per heavy atom. The highest BCUT2D eigenvalue weighted by molar-refractivity contribution is 5.71. The molecule has 348 valence electrons. The van der Waals surface area contributed by atoms with Crippen LogP contribution in [0.5, 0.6) is 0 Å². The van der Waals surface area contributed by atoms with E-state index in [1.165, 1.54) is 38.5 Å². The van der Waals surface area contributed by atoms with Crippen LogP contribution in [0, 0.1) is 0 Å². The Labute approximate surface area is 384 Å². The molecule has 0 radical (unpaired) electrons. The number of carbonyl (C=O) groups is 3. The standard InChI is InChI=1S/C57H84O6/c1-4-7-10-13-16-19-22-25-27-28-30-32-35-38-41-44-47-50-56(59)62-53-54(52-61-55(58)49-46-43-40-37-34-31-24-21-18-15-12-9-6-3)63-57(60)51-48-45-42-39-36-33-29-26-23-20-17-14-11-8-5-2/h7-8,10-11,13-14,16-17,19-20,22-23,25-36,40,43,54H,4-6,9,12,15,18,21,24,37-39,41-42,44-53H2,1-3H3/b10-7+,11-8+,16-13+,17-14+,22-19+,23-20+,27-25+,29-26+,30-28+,34-31+,35-32+,36-33+,43-40+. The lowest BCUT2D eigenvalue weighted by molar-refractivity contribution is -0.166. The largest absolute Gasteiger partial charge is 0.462 e. The van der Waals surface area contributed by atoms with Crippen LogP contribution in [0.2, 0.25) is 0 Å². The van der Waals surface area contributed by atoms with Crippen LogP contribution < -0.4 is 0 Å². The van der Waals surface area contributed by atoms with Gasteiger partial charge in [-0.15, -0.1) is 0 Å². The molecule has 0 bridgehead atoms. The van der Waals surface area contributed by atoms with E-state index in [0.717, 1.165) is 64.2 Å². The molecule has 0 heterocycles. The van der Waals surface area contributed by atoms with Gasteiger partial charge in [0.05, 0.1) is 0 Å². The van der Waals surface area contributed by atoms with Crippen LogP contribution in [-0.2, 0) is 28.6 Å². The lowest BCUT2D eigenvalue weighted by atomic mass is 10.1. The minimum absolute atomic E-state index is 0.144. The lowest BCUT2D eigenvalue weighted by Crippen LogP contribution is -2.30. The van der Waals surface area contributed by atoms with Crippen molar-refractivity contribution in [2.75, 3.05) is 13.2 Å². The van der Waals surface area contributed by atoms with Crippen LogP contribution in [0.3, 0.4) is 0 Å². The smallest absolute Gasteiger partial charge is 0.306 e. The van der Waals surface area contributed by atoms with Crippen LogP contribution in [0.1, 0.15) is 162 Å². The molecule has 0 aromatic heterocycles. The molecule has 1 unspecified atom stereocenters. The first-order valence-electron chi connectivity index (χ1n) is 24.1. The van der Waals surface area contributed by atoms with E-state index in [2.05, 4.69) is 63.3 Å². The van der Waals surface area contributed by atoms with E-state index >= 15 is 0 Å².